The number of hydrogen-bond donors (Lipinski definition) is 1. The van der Waals surface area contributed by atoms with Crippen LogP contribution in [0.3, 0.4) is 0 Å². The number of halogens is 1. The molecule has 1 aromatic heterocycles. The van der Waals surface area contributed by atoms with E-state index in [2.05, 4.69) is 5.32 Å². The van der Waals surface area contributed by atoms with Crippen molar-refractivity contribution in [1.29, 1.82) is 0 Å². The SMILES string of the molecule is Cc1c(C(=O)Nc2ccc(Cl)c(S(=O)(=O)N3CCCC3)c2)oc2ccccc12. The molecule has 0 bridgehead atoms. The molecule has 1 fully saturated rings. The summed E-state index contributed by atoms with van der Waals surface area (Å²) in [6, 6.07) is 11.8. The van der Waals surface area contributed by atoms with Gasteiger partial charge in [-0.3, -0.25) is 4.79 Å². The van der Waals surface area contributed by atoms with Gasteiger partial charge in [0, 0.05) is 29.7 Å². The fourth-order valence-corrected chi connectivity index (χ4v) is 5.44. The summed E-state index contributed by atoms with van der Waals surface area (Å²) in [4.78, 5) is 12.7. The van der Waals surface area contributed by atoms with Crippen LogP contribution in [0.15, 0.2) is 51.8 Å². The summed E-state index contributed by atoms with van der Waals surface area (Å²) in [7, 11) is -3.69. The topological polar surface area (TPSA) is 79.6 Å². The number of nitrogens with zero attached hydrogens (tertiary/aromatic N) is 1. The van der Waals surface area contributed by atoms with Gasteiger partial charge in [-0.05, 0) is 44.0 Å². The Hall–Kier alpha value is -2.35. The van der Waals surface area contributed by atoms with Crippen molar-refractivity contribution in [2.24, 2.45) is 0 Å². The molecule has 4 rings (SSSR count). The lowest BCUT2D eigenvalue weighted by Gasteiger charge is -2.17. The molecule has 146 valence electrons. The third kappa shape index (κ3) is 3.30. The average molecular weight is 419 g/mol. The van der Waals surface area contributed by atoms with Crippen LogP contribution in [0.5, 0.6) is 0 Å². The Morgan fingerprint density at radius 3 is 2.57 bits per heavy atom. The molecule has 28 heavy (non-hydrogen) atoms. The molecule has 3 aromatic rings. The van der Waals surface area contributed by atoms with E-state index in [0.29, 0.717) is 24.4 Å². The van der Waals surface area contributed by atoms with Gasteiger partial charge in [0.2, 0.25) is 10.0 Å². The lowest BCUT2D eigenvalue weighted by Crippen LogP contribution is -2.28. The van der Waals surface area contributed by atoms with Gasteiger partial charge in [-0.15, -0.1) is 0 Å². The van der Waals surface area contributed by atoms with Crippen molar-refractivity contribution < 1.29 is 17.6 Å². The summed E-state index contributed by atoms with van der Waals surface area (Å²) in [5, 5.41) is 3.71. The maximum Gasteiger partial charge on any atom is 0.291 e. The number of fused-ring (bicyclic) bond motifs is 1. The number of anilines is 1. The molecular weight excluding hydrogens is 400 g/mol. The largest absolute Gasteiger partial charge is 0.451 e. The van der Waals surface area contributed by atoms with Crippen LogP contribution in [0, 0.1) is 6.92 Å². The van der Waals surface area contributed by atoms with Crippen molar-refractivity contribution in [3.05, 3.63) is 58.8 Å². The highest BCUT2D eigenvalue weighted by molar-refractivity contribution is 7.89. The first-order valence-electron chi connectivity index (χ1n) is 8.97. The Labute approximate surface area is 168 Å². The van der Waals surface area contributed by atoms with Gasteiger partial charge in [-0.2, -0.15) is 4.31 Å². The third-order valence-electron chi connectivity index (χ3n) is 4.92. The first kappa shape index (κ1) is 19.0. The molecule has 1 aliphatic heterocycles. The summed E-state index contributed by atoms with van der Waals surface area (Å²) >= 11 is 6.15. The fourth-order valence-electron chi connectivity index (χ4n) is 3.43. The zero-order chi connectivity index (χ0) is 19.9. The van der Waals surface area contributed by atoms with Crippen LogP contribution < -0.4 is 5.32 Å². The van der Waals surface area contributed by atoms with Crippen LogP contribution in [0.1, 0.15) is 29.0 Å². The molecule has 6 nitrogen and oxygen atoms in total. The van der Waals surface area contributed by atoms with E-state index in [4.69, 9.17) is 16.0 Å². The number of aryl methyl sites for hydroxylation is 1. The average Bonchev–Trinajstić information content (AvgIpc) is 3.32. The number of sulfonamides is 1. The molecule has 1 saturated heterocycles. The van der Waals surface area contributed by atoms with Gasteiger partial charge in [-0.1, -0.05) is 29.8 Å². The Morgan fingerprint density at radius 1 is 1.14 bits per heavy atom. The lowest BCUT2D eigenvalue weighted by atomic mass is 10.1. The van der Waals surface area contributed by atoms with E-state index in [0.717, 1.165) is 23.8 Å². The van der Waals surface area contributed by atoms with Gasteiger partial charge in [0.15, 0.2) is 5.76 Å². The number of carbonyl (C=O) groups excluding carboxylic acids is 1. The second-order valence-corrected chi connectivity index (χ2v) is 9.08. The van der Waals surface area contributed by atoms with Gasteiger partial charge in [0.05, 0.1) is 5.02 Å². The van der Waals surface area contributed by atoms with Gasteiger partial charge < -0.3 is 9.73 Å². The van der Waals surface area contributed by atoms with E-state index in [1.807, 2.05) is 25.1 Å². The van der Waals surface area contributed by atoms with E-state index < -0.39 is 15.9 Å². The number of para-hydroxylation sites is 1. The highest BCUT2D eigenvalue weighted by atomic mass is 35.5. The number of hydrogen-bond acceptors (Lipinski definition) is 4. The number of nitrogens with one attached hydrogen (secondary N) is 1. The first-order valence-corrected chi connectivity index (χ1v) is 10.8. The zero-order valence-corrected chi connectivity index (χ0v) is 16.8. The Balaban J connectivity index is 1.65. The van der Waals surface area contributed by atoms with Gasteiger partial charge in [-0.25, -0.2) is 8.42 Å². The van der Waals surface area contributed by atoms with Crippen LogP contribution in [-0.4, -0.2) is 31.7 Å². The normalized spacial score (nSPS) is 15.2. The van der Waals surface area contributed by atoms with Gasteiger partial charge in [0.1, 0.15) is 10.5 Å². The second-order valence-electron chi connectivity index (χ2n) is 6.76. The molecule has 1 amide bonds. The Kier molecular flexibility index (Phi) is 4.91. The number of carbonyl (C=O) groups is 1. The van der Waals surface area contributed by atoms with Crippen LogP contribution in [-0.2, 0) is 10.0 Å². The highest BCUT2D eigenvalue weighted by Crippen LogP contribution is 2.30. The minimum Gasteiger partial charge on any atom is -0.451 e. The molecular formula is C20H19ClN2O4S. The first-order chi connectivity index (χ1) is 13.4. The van der Waals surface area contributed by atoms with E-state index in [-0.39, 0.29) is 15.7 Å². The van der Waals surface area contributed by atoms with Crippen molar-refractivity contribution in [1.82, 2.24) is 4.31 Å². The second kappa shape index (κ2) is 7.24. The molecule has 0 atom stereocenters. The number of furan rings is 1. The summed E-state index contributed by atoms with van der Waals surface area (Å²) in [6.07, 6.45) is 1.66. The number of benzene rings is 2. The number of amides is 1. The molecule has 0 radical (unpaired) electrons. The van der Waals surface area contributed by atoms with Crippen molar-refractivity contribution in [3.63, 3.8) is 0 Å². The monoisotopic (exact) mass is 418 g/mol. The molecule has 0 aliphatic carbocycles. The maximum absolute atomic E-state index is 12.8. The molecule has 1 N–H and O–H groups in total. The minimum absolute atomic E-state index is 0.00445. The lowest BCUT2D eigenvalue weighted by molar-refractivity contribution is 0.0998. The van der Waals surface area contributed by atoms with E-state index >= 15 is 0 Å². The van der Waals surface area contributed by atoms with Gasteiger partial charge in [0.25, 0.3) is 5.91 Å². The molecule has 0 unspecified atom stereocenters. The molecule has 0 spiro atoms. The Bertz CT molecular complexity index is 1160. The van der Waals surface area contributed by atoms with Crippen LogP contribution in [0.2, 0.25) is 5.02 Å². The zero-order valence-electron chi connectivity index (χ0n) is 15.2. The smallest absolute Gasteiger partial charge is 0.291 e. The van der Waals surface area contributed by atoms with Crippen molar-refractivity contribution >= 4 is 44.2 Å². The fraction of sp³-hybridized carbons (Fsp3) is 0.250. The maximum atomic E-state index is 12.8. The standard InChI is InChI=1S/C20H19ClN2O4S/c1-13-15-6-2-3-7-17(15)27-19(13)20(24)22-14-8-9-16(21)18(12-14)28(25,26)23-10-4-5-11-23/h2-3,6-9,12H,4-5,10-11H2,1H3,(H,22,24). The molecule has 2 aromatic carbocycles. The molecule has 0 saturated carbocycles. The van der Waals surface area contributed by atoms with Crippen molar-refractivity contribution in [2.75, 3.05) is 18.4 Å². The highest BCUT2D eigenvalue weighted by Gasteiger charge is 2.29. The minimum atomic E-state index is -3.69. The Morgan fingerprint density at radius 2 is 1.86 bits per heavy atom. The summed E-state index contributed by atoms with van der Waals surface area (Å²) < 4.78 is 32.8. The number of rotatable bonds is 4. The third-order valence-corrected chi connectivity index (χ3v) is 7.30. The predicted molar refractivity (Wildman–Crippen MR) is 108 cm³/mol. The molecule has 8 heteroatoms. The predicted octanol–water partition coefficient (Wildman–Crippen LogP) is 4.43. The van der Waals surface area contributed by atoms with E-state index in [1.165, 1.54) is 16.4 Å². The van der Waals surface area contributed by atoms with Crippen molar-refractivity contribution in [2.45, 2.75) is 24.7 Å². The summed E-state index contributed by atoms with van der Waals surface area (Å²) in [5.41, 5.74) is 1.69. The molecule has 2 heterocycles. The van der Waals surface area contributed by atoms with Crippen molar-refractivity contribution in [3.8, 4) is 0 Å². The molecule has 1 aliphatic rings. The van der Waals surface area contributed by atoms with Crippen LogP contribution >= 0.6 is 11.6 Å². The van der Waals surface area contributed by atoms with E-state index in [9.17, 15) is 13.2 Å². The van der Waals surface area contributed by atoms with Crippen LogP contribution in [0.25, 0.3) is 11.0 Å². The summed E-state index contributed by atoms with van der Waals surface area (Å²) in [5.74, 6) is -0.249. The van der Waals surface area contributed by atoms with Crippen LogP contribution in [0.4, 0.5) is 5.69 Å². The quantitative estimate of drug-likeness (QED) is 0.679. The van der Waals surface area contributed by atoms with E-state index in [1.54, 1.807) is 12.1 Å². The van der Waals surface area contributed by atoms with Gasteiger partial charge >= 0.3 is 0 Å². The summed E-state index contributed by atoms with van der Waals surface area (Å²) in [6.45, 7) is 2.77.